The summed E-state index contributed by atoms with van der Waals surface area (Å²) in [6.07, 6.45) is 3.55. The highest BCUT2D eigenvalue weighted by Gasteiger charge is 2.34. The highest BCUT2D eigenvalue weighted by Crippen LogP contribution is 2.35. The van der Waals surface area contributed by atoms with Crippen LogP contribution in [0, 0.1) is 0 Å². The molecule has 2 heterocycles. The second kappa shape index (κ2) is 5.14. The van der Waals surface area contributed by atoms with E-state index in [0.29, 0.717) is 12.1 Å². The van der Waals surface area contributed by atoms with Crippen molar-refractivity contribution in [2.45, 2.75) is 58.2 Å². The summed E-state index contributed by atoms with van der Waals surface area (Å²) in [5.41, 5.74) is 0. The minimum absolute atomic E-state index is 0.0248. The van der Waals surface area contributed by atoms with Gasteiger partial charge in [0.25, 0.3) is 0 Å². The van der Waals surface area contributed by atoms with Gasteiger partial charge in [0.05, 0.1) is 6.04 Å². The third-order valence-corrected chi connectivity index (χ3v) is 4.02. The van der Waals surface area contributed by atoms with Crippen molar-refractivity contribution >= 4 is 5.97 Å². The number of furan rings is 1. The number of nitrogens with zero attached hydrogens (tertiary/aromatic N) is 1. The molecule has 0 amide bonds. The van der Waals surface area contributed by atoms with Gasteiger partial charge in [0.1, 0.15) is 5.76 Å². The molecular formula is C14H21NO3. The maximum absolute atomic E-state index is 10.8. The van der Waals surface area contributed by atoms with Gasteiger partial charge in [-0.05, 0) is 45.2 Å². The molecule has 0 bridgehead atoms. The molecule has 100 valence electrons. The zero-order valence-corrected chi connectivity index (χ0v) is 11.2. The minimum atomic E-state index is -1.00. The van der Waals surface area contributed by atoms with Crippen LogP contribution in [0.1, 0.15) is 62.4 Å². The molecule has 4 heteroatoms. The summed E-state index contributed by atoms with van der Waals surface area (Å²) in [6.45, 7) is 6.52. The lowest BCUT2D eigenvalue weighted by Gasteiger charge is -2.32. The van der Waals surface area contributed by atoms with Gasteiger partial charge in [0, 0.05) is 12.1 Å². The van der Waals surface area contributed by atoms with Crippen LogP contribution in [0.4, 0.5) is 0 Å². The molecular weight excluding hydrogens is 230 g/mol. The number of aromatic carboxylic acids is 1. The maximum atomic E-state index is 10.8. The summed E-state index contributed by atoms with van der Waals surface area (Å²) in [5, 5.41) is 8.89. The van der Waals surface area contributed by atoms with E-state index in [2.05, 4.69) is 25.7 Å². The van der Waals surface area contributed by atoms with Crippen LogP contribution in [0.5, 0.6) is 0 Å². The molecule has 0 saturated carbocycles. The smallest absolute Gasteiger partial charge is 0.371 e. The van der Waals surface area contributed by atoms with Crippen LogP contribution in [0.15, 0.2) is 16.5 Å². The van der Waals surface area contributed by atoms with E-state index in [0.717, 1.165) is 12.2 Å². The highest BCUT2D eigenvalue weighted by atomic mass is 16.4. The van der Waals surface area contributed by atoms with Crippen molar-refractivity contribution < 1.29 is 14.3 Å². The first kappa shape index (κ1) is 13.1. The van der Waals surface area contributed by atoms with Crippen LogP contribution < -0.4 is 0 Å². The maximum Gasteiger partial charge on any atom is 0.371 e. The van der Waals surface area contributed by atoms with Gasteiger partial charge in [-0.25, -0.2) is 4.79 Å². The molecule has 3 unspecified atom stereocenters. The van der Waals surface area contributed by atoms with Gasteiger partial charge in [0.2, 0.25) is 5.76 Å². The lowest BCUT2D eigenvalue weighted by atomic mass is 10.1. The summed E-state index contributed by atoms with van der Waals surface area (Å²) in [6, 6.07) is 4.57. The largest absolute Gasteiger partial charge is 0.475 e. The summed E-state index contributed by atoms with van der Waals surface area (Å²) in [7, 11) is 0. The number of carboxylic acids is 1. The van der Waals surface area contributed by atoms with E-state index in [9.17, 15) is 4.79 Å². The fourth-order valence-corrected chi connectivity index (χ4v) is 3.04. The standard InChI is InChI=1S/C14H21NO3/c1-4-11-6-5-9(2)15(11)10(3)12-7-8-13(18-12)14(16)17/h7-11H,4-6H2,1-3H3,(H,16,17). The topological polar surface area (TPSA) is 53.7 Å². The first-order chi connectivity index (χ1) is 8.54. The number of hydrogen-bond donors (Lipinski definition) is 1. The Hall–Kier alpha value is -1.29. The lowest BCUT2D eigenvalue weighted by molar-refractivity contribution is 0.0652. The van der Waals surface area contributed by atoms with Crippen molar-refractivity contribution in [2.75, 3.05) is 0 Å². The fraction of sp³-hybridized carbons (Fsp3) is 0.643. The van der Waals surface area contributed by atoms with E-state index < -0.39 is 5.97 Å². The highest BCUT2D eigenvalue weighted by molar-refractivity contribution is 5.84. The predicted molar refractivity (Wildman–Crippen MR) is 68.7 cm³/mol. The van der Waals surface area contributed by atoms with Crippen LogP contribution in [-0.4, -0.2) is 28.1 Å². The van der Waals surface area contributed by atoms with Crippen molar-refractivity contribution in [1.82, 2.24) is 4.90 Å². The van der Waals surface area contributed by atoms with Crippen molar-refractivity contribution in [1.29, 1.82) is 0 Å². The van der Waals surface area contributed by atoms with Crippen molar-refractivity contribution in [2.24, 2.45) is 0 Å². The number of hydrogen-bond acceptors (Lipinski definition) is 3. The van der Waals surface area contributed by atoms with Crippen molar-refractivity contribution in [3.63, 3.8) is 0 Å². The Morgan fingerprint density at radius 3 is 2.83 bits per heavy atom. The van der Waals surface area contributed by atoms with E-state index in [1.807, 2.05) is 0 Å². The number of carboxylic acid groups (broad SMARTS) is 1. The number of carbonyl (C=O) groups is 1. The Labute approximate surface area is 108 Å². The summed E-state index contributed by atoms with van der Waals surface area (Å²) >= 11 is 0. The molecule has 1 aliphatic rings. The molecule has 18 heavy (non-hydrogen) atoms. The summed E-state index contributed by atoms with van der Waals surface area (Å²) < 4.78 is 5.42. The van der Waals surface area contributed by atoms with Gasteiger partial charge in [0.15, 0.2) is 0 Å². The van der Waals surface area contributed by atoms with Crippen LogP contribution in [0.2, 0.25) is 0 Å². The Morgan fingerprint density at radius 2 is 2.28 bits per heavy atom. The van der Waals surface area contributed by atoms with Gasteiger partial charge >= 0.3 is 5.97 Å². The average Bonchev–Trinajstić information content (AvgIpc) is 2.94. The van der Waals surface area contributed by atoms with Gasteiger partial charge < -0.3 is 9.52 Å². The van der Waals surface area contributed by atoms with Crippen LogP contribution in [0.25, 0.3) is 0 Å². The van der Waals surface area contributed by atoms with Gasteiger partial charge in [-0.1, -0.05) is 6.92 Å². The molecule has 1 N–H and O–H groups in total. The molecule has 1 aliphatic heterocycles. The van der Waals surface area contributed by atoms with E-state index in [1.165, 1.54) is 18.9 Å². The molecule has 4 nitrogen and oxygen atoms in total. The van der Waals surface area contributed by atoms with Crippen LogP contribution in [-0.2, 0) is 0 Å². The first-order valence-electron chi connectivity index (χ1n) is 6.65. The normalized spacial score (nSPS) is 26.4. The minimum Gasteiger partial charge on any atom is -0.475 e. The molecule has 2 rings (SSSR count). The van der Waals surface area contributed by atoms with Crippen LogP contribution in [0.3, 0.4) is 0 Å². The molecule has 3 atom stereocenters. The lowest BCUT2D eigenvalue weighted by Crippen LogP contribution is -2.36. The zero-order chi connectivity index (χ0) is 13.3. The van der Waals surface area contributed by atoms with Crippen LogP contribution >= 0.6 is 0 Å². The average molecular weight is 251 g/mol. The third kappa shape index (κ3) is 2.29. The monoisotopic (exact) mass is 251 g/mol. The Kier molecular flexibility index (Phi) is 3.76. The number of rotatable bonds is 4. The Balaban J connectivity index is 2.18. The molecule has 0 aliphatic carbocycles. The molecule has 0 radical (unpaired) electrons. The number of likely N-dealkylation sites (tertiary alicyclic amines) is 1. The summed E-state index contributed by atoms with van der Waals surface area (Å²) in [4.78, 5) is 13.3. The van der Waals surface area contributed by atoms with Gasteiger partial charge in [-0.2, -0.15) is 0 Å². The van der Waals surface area contributed by atoms with E-state index in [4.69, 9.17) is 9.52 Å². The molecule has 0 aromatic carbocycles. The zero-order valence-electron chi connectivity index (χ0n) is 11.2. The van der Waals surface area contributed by atoms with E-state index in [-0.39, 0.29) is 11.8 Å². The fourth-order valence-electron chi connectivity index (χ4n) is 3.04. The van der Waals surface area contributed by atoms with Gasteiger partial charge in [-0.15, -0.1) is 0 Å². The SMILES string of the molecule is CCC1CCC(C)N1C(C)c1ccc(C(=O)O)o1. The van der Waals surface area contributed by atoms with Crippen molar-refractivity contribution in [3.05, 3.63) is 23.7 Å². The third-order valence-electron chi connectivity index (χ3n) is 4.02. The molecule has 1 aromatic heterocycles. The molecule has 0 spiro atoms. The second-order valence-electron chi connectivity index (χ2n) is 5.12. The molecule has 1 saturated heterocycles. The predicted octanol–water partition coefficient (Wildman–Crippen LogP) is 3.30. The molecule has 1 aromatic rings. The van der Waals surface area contributed by atoms with Crippen molar-refractivity contribution in [3.8, 4) is 0 Å². The van der Waals surface area contributed by atoms with Gasteiger partial charge in [-0.3, -0.25) is 4.90 Å². The summed E-state index contributed by atoms with van der Waals surface area (Å²) in [5.74, 6) is -0.230. The van der Waals surface area contributed by atoms with E-state index in [1.54, 1.807) is 6.07 Å². The van der Waals surface area contributed by atoms with E-state index >= 15 is 0 Å². The Morgan fingerprint density at radius 1 is 1.56 bits per heavy atom. The molecule has 1 fully saturated rings. The first-order valence-corrected chi connectivity index (χ1v) is 6.65. The second-order valence-corrected chi connectivity index (χ2v) is 5.12. The Bertz CT molecular complexity index is 426. The quantitative estimate of drug-likeness (QED) is 0.892.